The topological polar surface area (TPSA) is 75.7 Å². The molecule has 0 unspecified atom stereocenters. The third-order valence-corrected chi connectivity index (χ3v) is 0.945. The van der Waals surface area contributed by atoms with Crippen LogP contribution in [0.3, 0.4) is 0 Å². The summed E-state index contributed by atoms with van der Waals surface area (Å²) < 4.78 is 0.621. The minimum absolute atomic E-state index is 0.439. The lowest BCUT2D eigenvalue weighted by atomic mass is 10.4. The number of hydrogen-bond donors (Lipinski definition) is 0. The molecule has 0 N–H and O–H groups in total. The van der Waals surface area contributed by atoms with Gasteiger partial charge in [-0.2, -0.15) is 4.73 Å². The lowest BCUT2D eigenvalue weighted by molar-refractivity contribution is -0.605. The summed E-state index contributed by atoms with van der Waals surface area (Å²) in [6.07, 6.45) is 2.54. The lowest BCUT2D eigenvalue weighted by Gasteiger charge is -1.92. The molecule has 0 atom stereocenters. The van der Waals surface area contributed by atoms with E-state index < -0.39 is 0 Å². The molecule has 0 spiro atoms. The summed E-state index contributed by atoms with van der Waals surface area (Å²) >= 11 is 0. The first-order valence-corrected chi connectivity index (χ1v) is 2.57. The average Bonchev–Trinajstić information content (AvgIpc) is 1.95. The van der Waals surface area contributed by atoms with Crippen molar-refractivity contribution in [3.05, 3.63) is 40.2 Å². The van der Waals surface area contributed by atoms with E-state index in [0.717, 1.165) is 0 Å². The predicted octanol–water partition coefficient (Wildman–Crippen LogP) is 1.26. The third kappa shape index (κ3) is 1.37. The second-order valence-corrected chi connectivity index (χ2v) is 1.61. The Kier molecular flexibility index (Phi) is 1.72. The van der Waals surface area contributed by atoms with Crippen LogP contribution in [-0.4, -0.2) is 0 Å². The van der Waals surface area contributed by atoms with Gasteiger partial charge in [0.15, 0.2) is 12.4 Å². The minimum atomic E-state index is 0.439. The molecular formula is C5H4N4O. The molecule has 5 nitrogen and oxygen atoms in total. The van der Waals surface area contributed by atoms with Gasteiger partial charge in [-0.3, -0.25) is 0 Å². The van der Waals surface area contributed by atoms with E-state index in [4.69, 9.17) is 5.53 Å². The summed E-state index contributed by atoms with van der Waals surface area (Å²) in [6.45, 7) is 0. The van der Waals surface area contributed by atoms with Crippen molar-refractivity contribution >= 4 is 5.69 Å². The average molecular weight is 136 g/mol. The highest BCUT2D eigenvalue weighted by molar-refractivity contribution is 5.31. The molecule has 50 valence electrons. The maximum Gasteiger partial charge on any atom is 0.180 e. The predicted molar refractivity (Wildman–Crippen MR) is 34.2 cm³/mol. The molecule has 0 aliphatic carbocycles. The van der Waals surface area contributed by atoms with Gasteiger partial charge in [-0.05, 0) is 5.53 Å². The van der Waals surface area contributed by atoms with Crippen molar-refractivity contribution in [2.24, 2.45) is 5.11 Å². The van der Waals surface area contributed by atoms with Crippen LogP contribution in [0, 0.1) is 5.21 Å². The van der Waals surface area contributed by atoms with E-state index in [9.17, 15) is 5.21 Å². The van der Waals surface area contributed by atoms with Crippen LogP contribution in [-0.2, 0) is 0 Å². The third-order valence-electron chi connectivity index (χ3n) is 0.945. The maximum atomic E-state index is 10.4. The summed E-state index contributed by atoms with van der Waals surface area (Å²) in [4.78, 5) is 2.55. The molecular weight excluding hydrogens is 132 g/mol. The highest BCUT2D eigenvalue weighted by atomic mass is 16.5. The Labute approximate surface area is 56.7 Å². The van der Waals surface area contributed by atoms with Crippen molar-refractivity contribution in [2.45, 2.75) is 0 Å². The second kappa shape index (κ2) is 2.70. The van der Waals surface area contributed by atoms with Crippen molar-refractivity contribution in [3.63, 3.8) is 0 Å². The number of hydrogen-bond acceptors (Lipinski definition) is 2. The Morgan fingerprint density at radius 2 is 2.10 bits per heavy atom. The van der Waals surface area contributed by atoms with Crippen molar-refractivity contribution in [1.82, 2.24) is 0 Å². The Bertz CT molecular complexity index is 261. The van der Waals surface area contributed by atoms with Gasteiger partial charge in [-0.15, -0.1) is 0 Å². The van der Waals surface area contributed by atoms with Crippen molar-refractivity contribution in [2.75, 3.05) is 0 Å². The summed E-state index contributed by atoms with van der Waals surface area (Å²) in [7, 11) is 0. The molecule has 0 aliphatic heterocycles. The Morgan fingerprint density at radius 3 is 2.60 bits per heavy atom. The molecule has 5 heteroatoms. The summed E-state index contributed by atoms with van der Waals surface area (Å²) in [5.41, 5.74) is 8.40. The molecule has 1 aromatic heterocycles. The van der Waals surface area contributed by atoms with Gasteiger partial charge in [-0.25, -0.2) is 0 Å². The monoisotopic (exact) mass is 136 g/mol. The zero-order valence-corrected chi connectivity index (χ0v) is 5.01. The number of rotatable bonds is 1. The number of aromatic nitrogens is 1. The SMILES string of the molecule is [N-]=[N+]=Nc1cc[n+]([O-])cc1. The van der Waals surface area contributed by atoms with Gasteiger partial charge in [-0.1, -0.05) is 5.11 Å². The van der Waals surface area contributed by atoms with Gasteiger partial charge < -0.3 is 5.21 Å². The Morgan fingerprint density at radius 1 is 1.50 bits per heavy atom. The molecule has 1 heterocycles. The second-order valence-electron chi connectivity index (χ2n) is 1.61. The maximum absolute atomic E-state index is 10.4. The first-order valence-electron chi connectivity index (χ1n) is 2.57. The molecule has 0 radical (unpaired) electrons. The van der Waals surface area contributed by atoms with Crippen LogP contribution in [0.15, 0.2) is 29.6 Å². The van der Waals surface area contributed by atoms with Gasteiger partial charge in [0.05, 0.1) is 0 Å². The fraction of sp³-hybridized carbons (Fsp3) is 0. The van der Waals surface area contributed by atoms with E-state index in [-0.39, 0.29) is 0 Å². The van der Waals surface area contributed by atoms with Crippen LogP contribution in [0.1, 0.15) is 0 Å². The van der Waals surface area contributed by atoms with E-state index in [1.54, 1.807) is 0 Å². The molecule has 0 fully saturated rings. The Hall–Kier alpha value is -1.74. The van der Waals surface area contributed by atoms with Crippen LogP contribution in [0.2, 0.25) is 0 Å². The summed E-state index contributed by atoms with van der Waals surface area (Å²) in [5.74, 6) is 0. The van der Waals surface area contributed by atoms with Crippen molar-refractivity contribution < 1.29 is 4.73 Å². The molecule has 0 amide bonds. The summed E-state index contributed by atoms with van der Waals surface area (Å²) in [5, 5.41) is 13.7. The van der Waals surface area contributed by atoms with Crippen LogP contribution in [0.25, 0.3) is 10.4 Å². The van der Waals surface area contributed by atoms with Crippen molar-refractivity contribution in [1.29, 1.82) is 0 Å². The smallest absolute Gasteiger partial charge is 0.180 e. The van der Waals surface area contributed by atoms with E-state index in [2.05, 4.69) is 10.0 Å². The molecule has 0 aromatic carbocycles. The van der Waals surface area contributed by atoms with Crippen LogP contribution < -0.4 is 4.73 Å². The zero-order chi connectivity index (χ0) is 7.40. The summed E-state index contributed by atoms with van der Waals surface area (Å²) in [6, 6.07) is 2.87. The van der Waals surface area contributed by atoms with Crippen LogP contribution >= 0.6 is 0 Å². The first-order chi connectivity index (χ1) is 4.83. The van der Waals surface area contributed by atoms with E-state index in [0.29, 0.717) is 10.4 Å². The standard InChI is InChI=1S/C5H4N4O/c6-8-7-5-1-3-9(10)4-2-5/h1-4H. The number of nitrogens with zero attached hydrogens (tertiary/aromatic N) is 4. The van der Waals surface area contributed by atoms with Gasteiger partial charge in [0.1, 0.15) is 0 Å². The number of azide groups is 1. The van der Waals surface area contributed by atoms with Crippen LogP contribution in [0.4, 0.5) is 5.69 Å². The molecule has 0 bridgehead atoms. The fourth-order valence-corrected chi connectivity index (χ4v) is 0.523. The molecule has 0 saturated carbocycles. The molecule has 1 rings (SSSR count). The minimum Gasteiger partial charge on any atom is -0.619 e. The van der Waals surface area contributed by atoms with Gasteiger partial charge in [0.25, 0.3) is 0 Å². The highest BCUT2D eigenvalue weighted by Crippen LogP contribution is 2.06. The van der Waals surface area contributed by atoms with Gasteiger partial charge >= 0.3 is 0 Å². The first kappa shape index (κ1) is 6.38. The lowest BCUT2D eigenvalue weighted by Crippen LogP contribution is -2.22. The van der Waals surface area contributed by atoms with E-state index in [1.807, 2.05) is 0 Å². The Balaban J connectivity index is 3.00. The van der Waals surface area contributed by atoms with E-state index in [1.165, 1.54) is 24.5 Å². The largest absolute Gasteiger partial charge is 0.619 e. The van der Waals surface area contributed by atoms with E-state index >= 15 is 0 Å². The van der Waals surface area contributed by atoms with Crippen molar-refractivity contribution in [3.8, 4) is 0 Å². The molecule has 10 heavy (non-hydrogen) atoms. The van der Waals surface area contributed by atoms with Crippen LogP contribution in [0.5, 0.6) is 0 Å². The zero-order valence-electron chi connectivity index (χ0n) is 5.01. The molecule has 1 aromatic rings. The quantitative estimate of drug-likeness (QED) is 0.188. The fourth-order valence-electron chi connectivity index (χ4n) is 0.523. The normalized spacial score (nSPS) is 8.40. The molecule has 0 saturated heterocycles. The highest BCUT2D eigenvalue weighted by Gasteiger charge is 1.88. The van der Waals surface area contributed by atoms with Gasteiger partial charge in [0.2, 0.25) is 0 Å². The molecule has 0 aliphatic rings. The number of pyridine rings is 1. The van der Waals surface area contributed by atoms with Gasteiger partial charge in [0, 0.05) is 22.7 Å².